The van der Waals surface area contributed by atoms with E-state index >= 15 is 0 Å². The second kappa shape index (κ2) is 9.10. The molecule has 1 heterocycles. The number of carbonyl (C=O) groups excluding carboxylic acids is 1. The molecule has 0 atom stereocenters. The number of carbonyl (C=O) groups is 1. The summed E-state index contributed by atoms with van der Waals surface area (Å²) in [6, 6.07) is 20.6. The van der Waals surface area contributed by atoms with Crippen molar-refractivity contribution in [2.75, 3.05) is 27.2 Å². The number of piperidine rings is 1. The Hall–Kier alpha value is -3.23. The van der Waals surface area contributed by atoms with Crippen molar-refractivity contribution in [3.05, 3.63) is 83.2 Å². The van der Waals surface area contributed by atoms with Gasteiger partial charge in [-0.1, -0.05) is 36.4 Å². The van der Waals surface area contributed by atoms with Crippen LogP contribution in [0, 0.1) is 17.1 Å². The lowest BCUT2D eigenvalue weighted by Gasteiger charge is -2.41. The van der Waals surface area contributed by atoms with Gasteiger partial charge in [-0.25, -0.2) is 4.39 Å². The number of fused-ring (bicyclic) bond motifs is 1. The number of nitrogens with zero attached hydrogens (tertiary/aromatic N) is 3. The minimum Gasteiger partial charge on any atom is -0.341 e. The third-order valence-electron chi connectivity index (χ3n) is 6.80. The van der Waals surface area contributed by atoms with Gasteiger partial charge in [0.1, 0.15) is 5.82 Å². The van der Waals surface area contributed by atoms with Crippen LogP contribution in [0.1, 0.15) is 36.0 Å². The van der Waals surface area contributed by atoms with Gasteiger partial charge in [0.15, 0.2) is 0 Å². The van der Waals surface area contributed by atoms with Gasteiger partial charge in [-0.15, -0.1) is 0 Å². The normalized spacial score (nSPS) is 15.9. The molecule has 1 fully saturated rings. The van der Waals surface area contributed by atoms with Gasteiger partial charge in [0.05, 0.1) is 11.6 Å². The molecule has 1 saturated heterocycles. The summed E-state index contributed by atoms with van der Waals surface area (Å²) in [5.41, 5.74) is 2.31. The quantitative estimate of drug-likeness (QED) is 0.582. The summed E-state index contributed by atoms with van der Waals surface area (Å²) in [4.78, 5) is 17.4. The fraction of sp³-hybridized carbons (Fsp3) is 0.333. The predicted octanol–water partition coefficient (Wildman–Crippen LogP) is 4.86. The lowest BCUT2D eigenvalue weighted by atomic mass is 9.70. The van der Waals surface area contributed by atoms with Gasteiger partial charge < -0.3 is 9.80 Å². The highest BCUT2D eigenvalue weighted by molar-refractivity contribution is 5.87. The monoisotopic (exact) mass is 429 g/mol. The van der Waals surface area contributed by atoms with Crippen molar-refractivity contribution in [2.45, 2.75) is 31.2 Å². The Balaban J connectivity index is 1.59. The number of amides is 1. The van der Waals surface area contributed by atoms with E-state index in [4.69, 9.17) is 0 Å². The summed E-state index contributed by atoms with van der Waals surface area (Å²) >= 11 is 0. The Labute approximate surface area is 188 Å². The van der Waals surface area contributed by atoms with Crippen molar-refractivity contribution in [1.82, 2.24) is 9.80 Å². The van der Waals surface area contributed by atoms with Crippen LogP contribution < -0.4 is 0 Å². The number of rotatable bonds is 5. The zero-order valence-corrected chi connectivity index (χ0v) is 18.6. The Morgan fingerprint density at radius 1 is 1.12 bits per heavy atom. The van der Waals surface area contributed by atoms with E-state index in [1.807, 2.05) is 55.6 Å². The number of likely N-dealkylation sites (tertiary alicyclic amines) is 1. The van der Waals surface area contributed by atoms with Crippen LogP contribution in [-0.4, -0.2) is 42.9 Å². The fourth-order valence-corrected chi connectivity index (χ4v) is 4.77. The van der Waals surface area contributed by atoms with Gasteiger partial charge in [0.2, 0.25) is 5.91 Å². The van der Waals surface area contributed by atoms with E-state index in [9.17, 15) is 14.4 Å². The Morgan fingerprint density at radius 2 is 1.81 bits per heavy atom. The van der Waals surface area contributed by atoms with E-state index in [0.29, 0.717) is 18.5 Å². The molecule has 1 amide bonds. The minimum absolute atomic E-state index is 0.0605. The van der Waals surface area contributed by atoms with Crippen molar-refractivity contribution in [2.24, 2.45) is 0 Å². The third kappa shape index (κ3) is 4.51. The molecule has 1 aliphatic rings. The molecule has 5 heteroatoms. The number of nitriles is 1. The summed E-state index contributed by atoms with van der Waals surface area (Å²) in [7, 11) is 3.92. The van der Waals surface area contributed by atoms with Crippen LogP contribution in [0.2, 0.25) is 0 Å². The summed E-state index contributed by atoms with van der Waals surface area (Å²) in [5.74, 6) is -0.199. The first kappa shape index (κ1) is 22.0. The first-order chi connectivity index (χ1) is 15.4. The molecule has 3 aromatic carbocycles. The highest BCUT2D eigenvalue weighted by atomic mass is 19.1. The average molecular weight is 430 g/mol. The number of benzene rings is 3. The molecule has 4 rings (SSSR count). The summed E-state index contributed by atoms with van der Waals surface area (Å²) in [6.45, 7) is 2.25. The van der Waals surface area contributed by atoms with Gasteiger partial charge in [0.25, 0.3) is 0 Å². The first-order valence-corrected chi connectivity index (χ1v) is 11.0. The molecule has 0 bridgehead atoms. The van der Waals surface area contributed by atoms with Crippen molar-refractivity contribution >= 4 is 16.7 Å². The van der Waals surface area contributed by atoms with Crippen LogP contribution in [0.15, 0.2) is 60.7 Å². The topological polar surface area (TPSA) is 47.3 Å². The van der Waals surface area contributed by atoms with E-state index in [2.05, 4.69) is 18.0 Å². The minimum atomic E-state index is -0.290. The fourth-order valence-electron chi connectivity index (χ4n) is 4.77. The zero-order chi connectivity index (χ0) is 22.7. The van der Waals surface area contributed by atoms with E-state index in [-0.39, 0.29) is 17.1 Å². The summed E-state index contributed by atoms with van der Waals surface area (Å²) in [5, 5.41) is 11.5. The van der Waals surface area contributed by atoms with Crippen LogP contribution in [0.5, 0.6) is 0 Å². The van der Waals surface area contributed by atoms with Gasteiger partial charge in [-0.2, -0.15) is 5.26 Å². The van der Waals surface area contributed by atoms with Gasteiger partial charge in [-0.3, -0.25) is 4.79 Å². The zero-order valence-electron chi connectivity index (χ0n) is 18.6. The maximum Gasteiger partial charge on any atom is 0.223 e. The van der Waals surface area contributed by atoms with E-state index in [0.717, 1.165) is 47.8 Å². The second-order valence-electron chi connectivity index (χ2n) is 8.99. The highest BCUT2D eigenvalue weighted by Crippen LogP contribution is 2.39. The van der Waals surface area contributed by atoms with Gasteiger partial charge >= 0.3 is 0 Å². The van der Waals surface area contributed by atoms with Crippen LogP contribution in [0.4, 0.5) is 4.39 Å². The molecule has 0 radical (unpaired) electrons. The molecule has 1 aliphatic heterocycles. The molecule has 0 N–H and O–H groups in total. The summed E-state index contributed by atoms with van der Waals surface area (Å²) < 4.78 is 13.6. The molecule has 32 heavy (non-hydrogen) atoms. The Kier molecular flexibility index (Phi) is 6.25. The molecular weight excluding hydrogens is 401 g/mol. The van der Waals surface area contributed by atoms with Crippen LogP contribution in [-0.2, 0) is 16.8 Å². The van der Waals surface area contributed by atoms with Crippen molar-refractivity contribution < 1.29 is 9.18 Å². The molecule has 4 nitrogen and oxygen atoms in total. The predicted molar refractivity (Wildman–Crippen MR) is 125 cm³/mol. The number of halogens is 1. The molecule has 0 saturated carbocycles. The lowest BCUT2D eigenvalue weighted by molar-refractivity contribution is -0.132. The molecule has 164 valence electrons. The number of hydrogen-bond donors (Lipinski definition) is 0. The maximum atomic E-state index is 13.6. The van der Waals surface area contributed by atoms with Crippen LogP contribution in [0.3, 0.4) is 0 Å². The van der Waals surface area contributed by atoms with Crippen molar-refractivity contribution in [3.8, 4) is 6.07 Å². The molecular formula is C27H28FN3O. The van der Waals surface area contributed by atoms with Crippen molar-refractivity contribution in [3.63, 3.8) is 0 Å². The molecule has 3 aromatic rings. The molecule has 0 spiro atoms. The molecule has 0 unspecified atom stereocenters. The third-order valence-corrected chi connectivity index (χ3v) is 6.80. The molecule has 0 aromatic heterocycles. The lowest BCUT2D eigenvalue weighted by Crippen LogP contribution is -2.44. The van der Waals surface area contributed by atoms with Crippen LogP contribution >= 0.6 is 0 Å². The van der Waals surface area contributed by atoms with E-state index in [1.54, 1.807) is 4.90 Å². The first-order valence-electron chi connectivity index (χ1n) is 11.0. The van der Waals surface area contributed by atoms with E-state index in [1.165, 1.54) is 12.1 Å². The van der Waals surface area contributed by atoms with E-state index < -0.39 is 0 Å². The second-order valence-corrected chi connectivity index (χ2v) is 8.99. The highest BCUT2D eigenvalue weighted by Gasteiger charge is 2.38. The smallest absolute Gasteiger partial charge is 0.223 e. The van der Waals surface area contributed by atoms with Gasteiger partial charge in [-0.05, 0) is 79.1 Å². The Morgan fingerprint density at radius 3 is 2.50 bits per heavy atom. The number of hydrogen-bond acceptors (Lipinski definition) is 3. The average Bonchev–Trinajstić information content (AvgIpc) is 2.81. The van der Waals surface area contributed by atoms with Gasteiger partial charge in [0, 0.05) is 25.4 Å². The standard InChI is InChI=1S/C27H28FN3O/c1-30-13-11-27(12-14-30,23-7-9-24(28)10-8-23)17-26(32)31(2)19-22-16-20(18-29)15-21-5-3-4-6-25(21)22/h3-10,15-16H,11-14,17,19H2,1-2H3. The van der Waals surface area contributed by atoms with Crippen molar-refractivity contribution in [1.29, 1.82) is 5.26 Å². The van der Waals surface area contributed by atoms with Crippen LogP contribution in [0.25, 0.3) is 10.8 Å². The Bertz CT molecular complexity index is 1160. The largest absolute Gasteiger partial charge is 0.341 e. The maximum absolute atomic E-state index is 13.6. The molecule has 0 aliphatic carbocycles. The SMILES string of the molecule is CN1CCC(CC(=O)N(C)Cc2cc(C#N)cc3ccccc23)(c2ccc(F)cc2)CC1. The summed E-state index contributed by atoms with van der Waals surface area (Å²) in [6.07, 6.45) is 2.11.